The summed E-state index contributed by atoms with van der Waals surface area (Å²) in [6, 6.07) is 6.98. The Morgan fingerprint density at radius 3 is 2.38 bits per heavy atom. The smallest absolute Gasteiger partial charge is 0.240 e. The van der Waals surface area contributed by atoms with Gasteiger partial charge in [-0.1, -0.05) is 32.9 Å². The lowest BCUT2D eigenvalue weighted by atomic mass is 9.87. The highest BCUT2D eigenvalue weighted by Crippen LogP contribution is 2.23. The number of aromatic amines is 1. The van der Waals surface area contributed by atoms with E-state index in [-0.39, 0.29) is 16.9 Å². The van der Waals surface area contributed by atoms with Gasteiger partial charge < -0.3 is 0 Å². The highest BCUT2D eigenvalue weighted by Gasteiger charge is 2.17. The first kappa shape index (κ1) is 15.7. The standard InChI is InChI=1S/C14H20N4O2S/c1-14(2,3)11-4-6-12(7-5-11)21(19,20)17-9-8-13-15-10-16-18-13/h4-7,10,17H,8-9H2,1-3H3,(H,15,16,18). The SMILES string of the molecule is CC(C)(C)c1ccc(S(=O)(=O)NCCc2ncn[nH]2)cc1. The van der Waals surface area contributed by atoms with Gasteiger partial charge in [0.1, 0.15) is 12.2 Å². The summed E-state index contributed by atoms with van der Waals surface area (Å²) in [4.78, 5) is 4.22. The molecule has 114 valence electrons. The maximum Gasteiger partial charge on any atom is 0.240 e. The Kier molecular flexibility index (Phi) is 4.43. The van der Waals surface area contributed by atoms with Crippen LogP contribution in [0.2, 0.25) is 0 Å². The molecule has 1 aromatic heterocycles. The molecule has 0 aliphatic rings. The van der Waals surface area contributed by atoms with Crippen LogP contribution in [0, 0.1) is 0 Å². The molecule has 2 aromatic rings. The average molecular weight is 308 g/mol. The molecule has 0 fully saturated rings. The van der Waals surface area contributed by atoms with E-state index in [1.54, 1.807) is 12.1 Å². The van der Waals surface area contributed by atoms with E-state index in [0.29, 0.717) is 12.2 Å². The molecule has 21 heavy (non-hydrogen) atoms. The Morgan fingerprint density at radius 1 is 1.19 bits per heavy atom. The van der Waals surface area contributed by atoms with Crippen molar-refractivity contribution in [3.05, 3.63) is 42.0 Å². The fourth-order valence-corrected chi connectivity index (χ4v) is 2.90. The van der Waals surface area contributed by atoms with Gasteiger partial charge in [-0.2, -0.15) is 5.10 Å². The number of hydrogen-bond acceptors (Lipinski definition) is 4. The minimum Gasteiger partial charge on any atom is -0.263 e. The molecule has 0 saturated heterocycles. The van der Waals surface area contributed by atoms with E-state index in [1.165, 1.54) is 6.33 Å². The highest BCUT2D eigenvalue weighted by atomic mass is 32.2. The van der Waals surface area contributed by atoms with E-state index >= 15 is 0 Å². The van der Waals surface area contributed by atoms with Gasteiger partial charge in [-0.25, -0.2) is 18.1 Å². The van der Waals surface area contributed by atoms with Crippen LogP contribution in [0.1, 0.15) is 32.2 Å². The van der Waals surface area contributed by atoms with Crippen molar-refractivity contribution in [2.45, 2.75) is 37.5 Å². The van der Waals surface area contributed by atoms with Gasteiger partial charge in [-0.3, -0.25) is 5.10 Å². The van der Waals surface area contributed by atoms with Crippen LogP contribution >= 0.6 is 0 Å². The molecule has 0 radical (unpaired) electrons. The first-order valence-corrected chi connectivity index (χ1v) is 8.22. The van der Waals surface area contributed by atoms with Crippen molar-refractivity contribution in [2.75, 3.05) is 6.54 Å². The quantitative estimate of drug-likeness (QED) is 0.878. The lowest BCUT2D eigenvalue weighted by molar-refractivity contribution is 0.578. The summed E-state index contributed by atoms with van der Waals surface area (Å²) in [5.74, 6) is 0.654. The van der Waals surface area contributed by atoms with Gasteiger partial charge >= 0.3 is 0 Å². The Morgan fingerprint density at radius 2 is 1.86 bits per heavy atom. The number of hydrogen-bond donors (Lipinski definition) is 2. The Bertz CT molecular complexity index is 671. The summed E-state index contributed by atoms with van der Waals surface area (Å²) in [7, 11) is -3.49. The van der Waals surface area contributed by atoms with Crippen LogP contribution in [0.3, 0.4) is 0 Å². The van der Waals surface area contributed by atoms with Crippen molar-refractivity contribution in [2.24, 2.45) is 0 Å². The molecule has 0 atom stereocenters. The van der Waals surface area contributed by atoms with E-state index in [0.717, 1.165) is 5.56 Å². The first-order chi connectivity index (χ1) is 9.79. The molecule has 1 aromatic carbocycles. The number of nitrogens with one attached hydrogen (secondary N) is 2. The zero-order valence-electron chi connectivity index (χ0n) is 12.4. The number of nitrogens with zero attached hydrogens (tertiary/aromatic N) is 2. The third kappa shape index (κ3) is 4.12. The van der Waals surface area contributed by atoms with Gasteiger partial charge in [0.15, 0.2) is 0 Å². The van der Waals surface area contributed by atoms with Gasteiger partial charge in [-0.05, 0) is 23.1 Å². The van der Waals surface area contributed by atoms with Crippen LogP contribution in [0.15, 0.2) is 35.5 Å². The minimum atomic E-state index is -3.49. The predicted molar refractivity (Wildman–Crippen MR) is 80.4 cm³/mol. The van der Waals surface area contributed by atoms with Gasteiger partial charge in [0.05, 0.1) is 4.90 Å². The number of benzene rings is 1. The summed E-state index contributed by atoms with van der Waals surface area (Å²) in [5.41, 5.74) is 1.10. The topological polar surface area (TPSA) is 87.7 Å². The molecular formula is C14H20N4O2S. The summed E-state index contributed by atoms with van der Waals surface area (Å²) >= 11 is 0. The van der Waals surface area contributed by atoms with Gasteiger partial charge in [0, 0.05) is 13.0 Å². The second kappa shape index (κ2) is 5.95. The molecule has 1 heterocycles. The Hall–Kier alpha value is -1.73. The lowest BCUT2D eigenvalue weighted by Crippen LogP contribution is -2.26. The van der Waals surface area contributed by atoms with Crippen molar-refractivity contribution in [3.8, 4) is 0 Å². The molecule has 0 spiro atoms. The molecule has 0 amide bonds. The largest absolute Gasteiger partial charge is 0.263 e. The van der Waals surface area contributed by atoms with Gasteiger partial charge in [0.2, 0.25) is 10.0 Å². The number of rotatable bonds is 5. The summed E-state index contributed by atoms with van der Waals surface area (Å²) in [5, 5.41) is 6.41. The van der Waals surface area contributed by atoms with Gasteiger partial charge in [-0.15, -0.1) is 0 Å². The lowest BCUT2D eigenvalue weighted by Gasteiger charge is -2.19. The molecule has 7 heteroatoms. The number of aromatic nitrogens is 3. The molecule has 0 saturated carbocycles. The normalized spacial score (nSPS) is 12.5. The van der Waals surface area contributed by atoms with Crippen LogP contribution in [0.4, 0.5) is 0 Å². The summed E-state index contributed by atoms with van der Waals surface area (Å²) in [6.07, 6.45) is 1.87. The second-order valence-corrected chi connectivity index (χ2v) is 7.62. The van der Waals surface area contributed by atoms with Crippen molar-refractivity contribution in [3.63, 3.8) is 0 Å². The third-order valence-corrected chi connectivity index (χ3v) is 4.63. The maximum absolute atomic E-state index is 12.2. The molecular weight excluding hydrogens is 288 g/mol. The van der Waals surface area contributed by atoms with Gasteiger partial charge in [0.25, 0.3) is 0 Å². The van der Waals surface area contributed by atoms with Crippen molar-refractivity contribution in [1.82, 2.24) is 19.9 Å². The zero-order chi connectivity index (χ0) is 15.5. The van der Waals surface area contributed by atoms with Crippen LogP contribution in [0.5, 0.6) is 0 Å². The van der Waals surface area contributed by atoms with Crippen molar-refractivity contribution >= 4 is 10.0 Å². The Balaban J connectivity index is 2.02. The molecule has 2 N–H and O–H groups in total. The predicted octanol–water partition coefficient (Wildman–Crippen LogP) is 1.62. The first-order valence-electron chi connectivity index (χ1n) is 6.73. The Labute approximate surface area is 125 Å². The average Bonchev–Trinajstić information content (AvgIpc) is 2.91. The number of H-pyrrole nitrogens is 1. The minimum absolute atomic E-state index is 0.00199. The van der Waals surface area contributed by atoms with Crippen molar-refractivity contribution < 1.29 is 8.42 Å². The molecule has 0 aliphatic heterocycles. The molecule has 2 rings (SSSR count). The fourth-order valence-electron chi connectivity index (χ4n) is 1.87. The molecule has 0 aliphatic carbocycles. The fraction of sp³-hybridized carbons (Fsp3) is 0.429. The second-order valence-electron chi connectivity index (χ2n) is 5.85. The monoisotopic (exact) mass is 308 g/mol. The molecule has 6 nitrogen and oxygen atoms in total. The third-order valence-electron chi connectivity index (χ3n) is 3.15. The number of sulfonamides is 1. The summed E-state index contributed by atoms with van der Waals surface area (Å²) in [6.45, 7) is 6.54. The van der Waals surface area contributed by atoms with Crippen LogP contribution in [0.25, 0.3) is 0 Å². The van der Waals surface area contributed by atoms with E-state index in [4.69, 9.17) is 0 Å². The highest BCUT2D eigenvalue weighted by molar-refractivity contribution is 7.89. The van der Waals surface area contributed by atoms with E-state index in [1.807, 2.05) is 12.1 Å². The van der Waals surface area contributed by atoms with E-state index in [9.17, 15) is 8.42 Å². The van der Waals surface area contributed by atoms with Crippen LogP contribution < -0.4 is 4.72 Å². The molecule has 0 unspecified atom stereocenters. The van der Waals surface area contributed by atoms with Crippen molar-refractivity contribution in [1.29, 1.82) is 0 Å². The molecule has 0 bridgehead atoms. The zero-order valence-corrected chi connectivity index (χ0v) is 13.2. The van der Waals surface area contributed by atoms with Crippen LogP contribution in [-0.2, 0) is 21.9 Å². The maximum atomic E-state index is 12.2. The van der Waals surface area contributed by atoms with Crippen LogP contribution in [-0.4, -0.2) is 30.1 Å². The van der Waals surface area contributed by atoms with E-state index < -0.39 is 10.0 Å². The van der Waals surface area contributed by atoms with E-state index in [2.05, 4.69) is 40.7 Å². The summed E-state index contributed by atoms with van der Waals surface area (Å²) < 4.78 is 26.9.